The number of nitrogen functional groups attached to an aromatic ring is 1. The molecule has 2 atom stereocenters. The second-order valence-electron chi connectivity index (χ2n) is 5.22. The van der Waals surface area contributed by atoms with Gasteiger partial charge in [-0.05, 0) is 39.0 Å². The van der Waals surface area contributed by atoms with Crippen molar-refractivity contribution in [2.24, 2.45) is 0 Å². The van der Waals surface area contributed by atoms with Crippen LogP contribution in [-0.2, 0) is 14.8 Å². The predicted molar refractivity (Wildman–Crippen MR) is 80.8 cm³/mol. The van der Waals surface area contributed by atoms with E-state index in [4.69, 9.17) is 15.2 Å². The molecular weight excluding hydrogens is 292 g/mol. The maximum Gasteiger partial charge on any atom is 0.247 e. The van der Waals surface area contributed by atoms with Crippen LogP contribution in [0.15, 0.2) is 23.1 Å². The Bertz CT molecular complexity index is 593. The maximum atomic E-state index is 12.9. The summed E-state index contributed by atoms with van der Waals surface area (Å²) >= 11 is 0. The first-order valence-corrected chi connectivity index (χ1v) is 8.46. The van der Waals surface area contributed by atoms with E-state index in [-0.39, 0.29) is 17.1 Å². The van der Waals surface area contributed by atoms with Gasteiger partial charge in [0.2, 0.25) is 10.0 Å². The lowest BCUT2D eigenvalue weighted by molar-refractivity contribution is -0.0441. The molecule has 0 spiro atoms. The number of ether oxygens (including phenoxy) is 2. The third-order valence-corrected chi connectivity index (χ3v) is 5.12. The van der Waals surface area contributed by atoms with Crippen LogP contribution in [0.25, 0.3) is 0 Å². The van der Waals surface area contributed by atoms with Crippen molar-refractivity contribution in [2.45, 2.75) is 37.9 Å². The Kier molecular flexibility index (Phi) is 4.75. The molecule has 1 heterocycles. The van der Waals surface area contributed by atoms with Crippen molar-refractivity contribution in [3.05, 3.63) is 18.2 Å². The summed E-state index contributed by atoms with van der Waals surface area (Å²) in [6.07, 6.45) is -0.278. The first kappa shape index (κ1) is 16.1. The number of hydrogen-bond acceptors (Lipinski definition) is 5. The van der Waals surface area contributed by atoms with Gasteiger partial charge in [0.15, 0.2) is 0 Å². The van der Waals surface area contributed by atoms with E-state index in [1.54, 1.807) is 12.1 Å². The molecule has 7 heteroatoms. The second-order valence-corrected chi connectivity index (χ2v) is 7.12. The molecule has 21 heavy (non-hydrogen) atoms. The first-order valence-electron chi connectivity index (χ1n) is 7.02. The molecule has 1 aromatic rings. The summed E-state index contributed by atoms with van der Waals surface area (Å²) < 4.78 is 38.2. The molecule has 6 nitrogen and oxygen atoms in total. The highest BCUT2D eigenvalue weighted by atomic mass is 32.2. The number of rotatable bonds is 4. The van der Waals surface area contributed by atoms with Gasteiger partial charge in [-0.2, -0.15) is 4.31 Å². The van der Waals surface area contributed by atoms with Crippen LogP contribution in [0.4, 0.5) is 5.69 Å². The van der Waals surface area contributed by atoms with Crippen LogP contribution in [0.3, 0.4) is 0 Å². The van der Waals surface area contributed by atoms with Crippen molar-refractivity contribution in [2.75, 3.05) is 25.4 Å². The predicted octanol–water partition coefficient (Wildman–Crippen LogP) is 1.47. The third-order valence-electron chi connectivity index (χ3n) is 3.27. The molecule has 1 aliphatic rings. The molecule has 1 saturated heterocycles. The largest absolute Gasteiger partial charge is 0.492 e. The normalized spacial score (nSPS) is 24.0. The van der Waals surface area contributed by atoms with Crippen molar-refractivity contribution in [3.63, 3.8) is 0 Å². The zero-order chi connectivity index (χ0) is 15.6. The minimum absolute atomic E-state index is 0.116. The fraction of sp³-hybridized carbons (Fsp3) is 0.571. The van der Waals surface area contributed by atoms with Crippen LogP contribution >= 0.6 is 0 Å². The summed E-state index contributed by atoms with van der Waals surface area (Å²) in [5.74, 6) is 0.332. The summed E-state index contributed by atoms with van der Waals surface area (Å²) in [4.78, 5) is 0.116. The minimum atomic E-state index is -3.65. The Morgan fingerprint density at radius 3 is 2.52 bits per heavy atom. The van der Waals surface area contributed by atoms with Gasteiger partial charge in [-0.1, -0.05) is 0 Å². The molecule has 0 saturated carbocycles. The fourth-order valence-electron chi connectivity index (χ4n) is 2.47. The van der Waals surface area contributed by atoms with E-state index in [0.29, 0.717) is 31.1 Å². The van der Waals surface area contributed by atoms with E-state index in [9.17, 15) is 8.42 Å². The molecule has 118 valence electrons. The monoisotopic (exact) mass is 314 g/mol. The molecule has 0 unspecified atom stereocenters. The molecule has 1 fully saturated rings. The van der Waals surface area contributed by atoms with E-state index in [2.05, 4.69) is 0 Å². The van der Waals surface area contributed by atoms with Crippen molar-refractivity contribution < 1.29 is 17.9 Å². The van der Waals surface area contributed by atoms with Crippen LogP contribution in [0.2, 0.25) is 0 Å². The quantitative estimate of drug-likeness (QED) is 0.851. The van der Waals surface area contributed by atoms with Crippen LogP contribution in [0.5, 0.6) is 5.75 Å². The number of nitrogens with two attached hydrogens (primary N) is 1. The van der Waals surface area contributed by atoms with Gasteiger partial charge in [0, 0.05) is 18.8 Å². The van der Waals surface area contributed by atoms with Crippen molar-refractivity contribution in [1.82, 2.24) is 4.31 Å². The van der Waals surface area contributed by atoms with Crippen molar-refractivity contribution >= 4 is 15.7 Å². The van der Waals surface area contributed by atoms with E-state index in [1.165, 1.54) is 10.4 Å². The average Bonchev–Trinajstić information content (AvgIpc) is 2.40. The Labute approximate surface area is 125 Å². The van der Waals surface area contributed by atoms with Crippen LogP contribution in [0.1, 0.15) is 20.8 Å². The van der Waals surface area contributed by atoms with E-state index in [0.717, 1.165) is 0 Å². The van der Waals surface area contributed by atoms with Gasteiger partial charge in [-0.25, -0.2) is 8.42 Å². The average molecular weight is 314 g/mol. The molecule has 2 N–H and O–H groups in total. The Balaban J connectivity index is 2.41. The van der Waals surface area contributed by atoms with Gasteiger partial charge >= 0.3 is 0 Å². The molecule has 0 amide bonds. The SMILES string of the molecule is CCOc1ccc(N)cc1S(=O)(=O)N1C[C@@H](C)O[C@@H](C)C1. The lowest BCUT2D eigenvalue weighted by atomic mass is 10.3. The zero-order valence-corrected chi connectivity index (χ0v) is 13.4. The van der Waals surface area contributed by atoms with Crippen LogP contribution in [-0.4, -0.2) is 44.6 Å². The summed E-state index contributed by atoms with van der Waals surface area (Å²) in [5.41, 5.74) is 6.14. The number of morpholine rings is 1. The minimum Gasteiger partial charge on any atom is -0.492 e. The highest BCUT2D eigenvalue weighted by Gasteiger charge is 2.34. The maximum absolute atomic E-state index is 12.9. The van der Waals surface area contributed by atoms with Gasteiger partial charge in [0.25, 0.3) is 0 Å². The number of anilines is 1. The van der Waals surface area contributed by atoms with Crippen LogP contribution < -0.4 is 10.5 Å². The van der Waals surface area contributed by atoms with Gasteiger partial charge in [0.05, 0.1) is 18.8 Å². The fourth-order valence-corrected chi connectivity index (χ4v) is 4.22. The number of nitrogens with zero attached hydrogens (tertiary/aromatic N) is 1. The molecule has 2 rings (SSSR count). The Morgan fingerprint density at radius 2 is 1.95 bits per heavy atom. The van der Waals surface area contributed by atoms with E-state index >= 15 is 0 Å². The third kappa shape index (κ3) is 3.48. The molecule has 0 radical (unpaired) electrons. The Hall–Kier alpha value is -1.31. The summed E-state index contributed by atoms with van der Waals surface area (Å²) in [6.45, 7) is 6.58. The second kappa shape index (κ2) is 6.21. The molecular formula is C14H22N2O4S. The topological polar surface area (TPSA) is 81.9 Å². The summed E-state index contributed by atoms with van der Waals surface area (Å²) in [7, 11) is -3.65. The van der Waals surface area contributed by atoms with Gasteiger partial charge in [0.1, 0.15) is 10.6 Å². The van der Waals surface area contributed by atoms with Crippen molar-refractivity contribution in [1.29, 1.82) is 0 Å². The lowest BCUT2D eigenvalue weighted by Crippen LogP contribution is -2.48. The first-order chi connectivity index (χ1) is 9.84. The number of hydrogen-bond donors (Lipinski definition) is 1. The molecule has 0 aromatic heterocycles. The standard InChI is InChI=1S/C14H22N2O4S/c1-4-19-13-6-5-12(15)7-14(13)21(17,18)16-8-10(2)20-11(3)9-16/h5-7,10-11H,4,8-9,15H2,1-3H3/t10-,11+. The van der Waals surface area contributed by atoms with Gasteiger partial charge < -0.3 is 15.2 Å². The van der Waals surface area contributed by atoms with E-state index < -0.39 is 10.0 Å². The van der Waals surface area contributed by atoms with Gasteiger partial charge in [-0.15, -0.1) is 0 Å². The van der Waals surface area contributed by atoms with E-state index in [1.807, 2.05) is 20.8 Å². The Morgan fingerprint density at radius 1 is 1.33 bits per heavy atom. The number of benzene rings is 1. The lowest BCUT2D eigenvalue weighted by Gasteiger charge is -2.34. The number of sulfonamides is 1. The highest BCUT2D eigenvalue weighted by Crippen LogP contribution is 2.30. The smallest absolute Gasteiger partial charge is 0.247 e. The summed E-state index contributed by atoms with van der Waals surface area (Å²) in [6, 6.07) is 4.68. The van der Waals surface area contributed by atoms with Gasteiger partial charge in [-0.3, -0.25) is 0 Å². The molecule has 0 bridgehead atoms. The van der Waals surface area contributed by atoms with Crippen LogP contribution in [0, 0.1) is 0 Å². The molecule has 0 aliphatic carbocycles. The molecule has 1 aromatic carbocycles. The summed E-state index contributed by atoms with van der Waals surface area (Å²) in [5, 5.41) is 0. The molecule has 1 aliphatic heterocycles. The highest BCUT2D eigenvalue weighted by molar-refractivity contribution is 7.89. The zero-order valence-electron chi connectivity index (χ0n) is 12.6. The van der Waals surface area contributed by atoms with Crippen molar-refractivity contribution in [3.8, 4) is 5.75 Å².